The van der Waals surface area contributed by atoms with Gasteiger partial charge in [-0.3, -0.25) is 0 Å². The van der Waals surface area contributed by atoms with Gasteiger partial charge < -0.3 is 0 Å². The SMILES string of the molecule is CCCCCCC1CCC([C@H]2CC[C@@H](C)C[C@@H]2CCCC)CC1. The Bertz CT molecular complexity index is 286. The van der Waals surface area contributed by atoms with Crippen LogP contribution < -0.4 is 0 Å². The Balaban J connectivity index is 1.73. The quantitative estimate of drug-likeness (QED) is 0.377. The van der Waals surface area contributed by atoms with Crippen molar-refractivity contribution in [3.05, 3.63) is 0 Å². The maximum absolute atomic E-state index is 2.50. The molecular weight excluding hydrogens is 276 g/mol. The molecule has 2 aliphatic carbocycles. The van der Waals surface area contributed by atoms with Gasteiger partial charge in [-0.2, -0.15) is 0 Å². The summed E-state index contributed by atoms with van der Waals surface area (Å²) >= 11 is 0. The third-order valence-corrected chi connectivity index (χ3v) is 7.19. The van der Waals surface area contributed by atoms with Crippen molar-refractivity contribution >= 4 is 0 Å². The van der Waals surface area contributed by atoms with Crippen LogP contribution in [0.2, 0.25) is 0 Å². The van der Waals surface area contributed by atoms with Crippen LogP contribution in [0.5, 0.6) is 0 Å². The molecule has 2 saturated carbocycles. The molecule has 2 rings (SSSR count). The summed E-state index contributed by atoms with van der Waals surface area (Å²) in [5, 5.41) is 0. The molecule has 0 aliphatic heterocycles. The Morgan fingerprint density at radius 1 is 0.696 bits per heavy atom. The third kappa shape index (κ3) is 6.43. The van der Waals surface area contributed by atoms with Gasteiger partial charge >= 0.3 is 0 Å². The molecule has 3 atom stereocenters. The van der Waals surface area contributed by atoms with Crippen LogP contribution in [0, 0.1) is 29.6 Å². The minimum Gasteiger partial charge on any atom is -0.0654 e. The average molecular weight is 321 g/mol. The maximum atomic E-state index is 2.50. The lowest BCUT2D eigenvalue weighted by molar-refractivity contribution is 0.0836. The van der Waals surface area contributed by atoms with Gasteiger partial charge in [0.1, 0.15) is 0 Å². The van der Waals surface area contributed by atoms with Gasteiger partial charge in [-0.05, 0) is 55.3 Å². The van der Waals surface area contributed by atoms with E-state index < -0.39 is 0 Å². The Morgan fingerprint density at radius 2 is 1.43 bits per heavy atom. The van der Waals surface area contributed by atoms with Gasteiger partial charge in [0.05, 0.1) is 0 Å². The molecule has 0 radical (unpaired) electrons. The molecule has 0 N–H and O–H groups in total. The first-order chi connectivity index (χ1) is 11.2. The van der Waals surface area contributed by atoms with E-state index in [-0.39, 0.29) is 0 Å². The number of hydrogen-bond donors (Lipinski definition) is 0. The summed E-state index contributed by atoms with van der Waals surface area (Å²) in [6.45, 7) is 7.19. The molecule has 2 fully saturated rings. The molecule has 0 saturated heterocycles. The fourth-order valence-electron chi connectivity index (χ4n) is 5.71. The molecule has 0 nitrogen and oxygen atoms in total. The van der Waals surface area contributed by atoms with Gasteiger partial charge in [-0.15, -0.1) is 0 Å². The van der Waals surface area contributed by atoms with Crippen LogP contribution in [0.15, 0.2) is 0 Å². The van der Waals surface area contributed by atoms with E-state index in [1.165, 1.54) is 57.8 Å². The van der Waals surface area contributed by atoms with Gasteiger partial charge in [0.2, 0.25) is 0 Å². The van der Waals surface area contributed by atoms with Crippen LogP contribution in [-0.4, -0.2) is 0 Å². The van der Waals surface area contributed by atoms with Gasteiger partial charge in [-0.25, -0.2) is 0 Å². The highest BCUT2D eigenvalue weighted by atomic mass is 14.4. The summed E-state index contributed by atoms with van der Waals surface area (Å²) in [5.41, 5.74) is 0. The van der Waals surface area contributed by atoms with Crippen molar-refractivity contribution in [3.8, 4) is 0 Å². The second kappa shape index (κ2) is 10.8. The zero-order chi connectivity index (χ0) is 16.5. The summed E-state index contributed by atoms with van der Waals surface area (Å²) in [5.74, 6) is 5.35. The highest BCUT2D eigenvalue weighted by Gasteiger charge is 2.35. The Kier molecular flexibility index (Phi) is 9.06. The lowest BCUT2D eigenvalue weighted by Gasteiger charge is -2.42. The fourth-order valence-corrected chi connectivity index (χ4v) is 5.71. The van der Waals surface area contributed by atoms with Gasteiger partial charge in [-0.1, -0.05) is 91.4 Å². The van der Waals surface area contributed by atoms with E-state index in [0.29, 0.717) is 0 Å². The predicted molar refractivity (Wildman–Crippen MR) is 104 cm³/mol. The Hall–Kier alpha value is 0. The van der Waals surface area contributed by atoms with Crippen LogP contribution in [0.3, 0.4) is 0 Å². The van der Waals surface area contributed by atoms with Gasteiger partial charge in [0, 0.05) is 0 Å². The van der Waals surface area contributed by atoms with Crippen LogP contribution >= 0.6 is 0 Å². The van der Waals surface area contributed by atoms with Crippen molar-refractivity contribution < 1.29 is 0 Å². The van der Waals surface area contributed by atoms with E-state index in [1.54, 1.807) is 38.5 Å². The van der Waals surface area contributed by atoms with E-state index in [4.69, 9.17) is 0 Å². The minimum absolute atomic E-state index is 1.00. The van der Waals surface area contributed by atoms with Crippen molar-refractivity contribution in [2.24, 2.45) is 29.6 Å². The molecule has 0 spiro atoms. The van der Waals surface area contributed by atoms with Crippen molar-refractivity contribution in [1.82, 2.24) is 0 Å². The lowest BCUT2D eigenvalue weighted by atomic mass is 9.63. The highest BCUT2D eigenvalue weighted by molar-refractivity contribution is 4.86. The second-order valence-corrected chi connectivity index (χ2v) is 9.11. The molecule has 2 aliphatic rings. The van der Waals surface area contributed by atoms with E-state index in [0.717, 1.165) is 29.6 Å². The average Bonchev–Trinajstić information content (AvgIpc) is 2.58. The monoisotopic (exact) mass is 320 g/mol. The number of rotatable bonds is 9. The molecule has 0 amide bonds. The van der Waals surface area contributed by atoms with Crippen molar-refractivity contribution in [1.29, 1.82) is 0 Å². The molecule has 0 aromatic heterocycles. The molecular formula is C23H44. The van der Waals surface area contributed by atoms with Crippen molar-refractivity contribution in [2.45, 2.75) is 117 Å². The lowest BCUT2D eigenvalue weighted by Crippen LogP contribution is -2.32. The maximum Gasteiger partial charge on any atom is -0.0357 e. The van der Waals surface area contributed by atoms with Crippen LogP contribution in [0.4, 0.5) is 0 Å². The topological polar surface area (TPSA) is 0 Å². The smallest absolute Gasteiger partial charge is 0.0357 e. The summed E-state index contributed by atoms with van der Waals surface area (Å²) in [4.78, 5) is 0. The molecule has 0 bridgehead atoms. The summed E-state index contributed by atoms with van der Waals surface area (Å²) in [6.07, 6.45) is 22.6. The first-order valence-corrected chi connectivity index (χ1v) is 11.2. The summed E-state index contributed by atoms with van der Waals surface area (Å²) < 4.78 is 0. The zero-order valence-electron chi connectivity index (χ0n) is 16.5. The molecule has 0 aromatic rings. The molecule has 0 heteroatoms. The second-order valence-electron chi connectivity index (χ2n) is 9.11. The summed E-state index contributed by atoms with van der Waals surface area (Å²) in [7, 11) is 0. The molecule has 136 valence electrons. The Morgan fingerprint density at radius 3 is 2.13 bits per heavy atom. The first kappa shape index (κ1) is 19.3. The highest BCUT2D eigenvalue weighted by Crippen LogP contribution is 2.46. The van der Waals surface area contributed by atoms with E-state index in [2.05, 4.69) is 20.8 Å². The molecule has 0 aromatic carbocycles. The van der Waals surface area contributed by atoms with Crippen molar-refractivity contribution in [3.63, 3.8) is 0 Å². The largest absolute Gasteiger partial charge is 0.0654 e. The van der Waals surface area contributed by atoms with E-state index in [1.807, 2.05) is 0 Å². The van der Waals surface area contributed by atoms with Gasteiger partial charge in [0.15, 0.2) is 0 Å². The first-order valence-electron chi connectivity index (χ1n) is 11.2. The minimum atomic E-state index is 1.00. The zero-order valence-corrected chi connectivity index (χ0v) is 16.5. The van der Waals surface area contributed by atoms with Crippen LogP contribution in [0.25, 0.3) is 0 Å². The van der Waals surface area contributed by atoms with Crippen LogP contribution in [-0.2, 0) is 0 Å². The van der Waals surface area contributed by atoms with Gasteiger partial charge in [0.25, 0.3) is 0 Å². The summed E-state index contributed by atoms with van der Waals surface area (Å²) in [6, 6.07) is 0. The van der Waals surface area contributed by atoms with Crippen LogP contribution in [0.1, 0.15) is 117 Å². The molecule has 0 heterocycles. The van der Waals surface area contributed by atoms with Crippen molar-refractivity contribution in [2.75, 3.05) is 0 Å². The molecule has 23 heavy (non-hydrogen) atoms. The Labute approximate surface area is 147 Å². The third-order valence-electron chi connectivity index (χ3n) is 7.19. The standard InChI is InChI=1S/C23H44/c1-4-6-8-9-10-20-13-15-21(16-14-20)23-17-12-19(3)18-22(23)11-7-5-2/h19-23H,4-18H2,1-3H3/t19-,20?,21?,22+,23-/m1/s1. The van der Waals surface area contributed by atoms with E-state index in [9.17, 15) is 0 Å². The fraction of sp³-hybridized carbons (Fsp3) is 1.00. The normalized spacial score (nSPS) is 35.3. The predicted octanol–water partition coefficient (Wildman–Crippen LogP) is 8.01. The van der Waals surface area contributed by atoms with E-state index >= 15 is 0 Å². The number of hydrogen-bond acceptors (Lipinski definition) is 0. The number of unbranched alkanes of at least 4 members (excludes halogenated alkanes) is 4. The molecule has 0 unspecified atom stereocenters.